The van der Waals surface area contributed by atoms with Gasteiger partial charge in [0.1, 0.15) is 0 Å². The van der Waals surface area contributed by atoms with Crippen LogP contribution in [0.2, 0.25) is 0 Å². The Morgan fingerprint density at radius 3 is 2.32 bits per heavy atom. The lowest BCUT2D eigenvalue weighted by Gasteiger charge is -2.45. The highest BCUT2D eigenvalue weighted by atomic mass is 15.3. The first-order valence-corrected chi connectivity index (χ1v) is 8.54. The number of nitrogens with two attached hydrogens (primary N) is 1. The molecular weight excluding hydrogens is 234 g/mol. The molecule has 112 valence electrons. The highest BCUT2D eigenvalue weighted by Crippen LogP contribution is 2.41. The van der Waals surface area contributed by atoms with Crippen LogP contribution in [0.5, 0.6) is 0 Å². The summed E-state index contributed by atoms with van der Waals surface area (Å²) >= 11 is 0. The fourth-order valence-corrected chi connectivity index (χ4v) is 4.32. The van der Waals surface area contributed by atoms with Gasteiger partial charge in [-0.05, 0) is 45.2 Å². The minimum absolute atomic E-state index is 0.386. The van der Waals surface area contributed by atoms with Gasteiger partial charge in [-0.1, -0.05) is 45.4 Å². The molecule has 1 unspecified atom stereocenters. The first-order chi connectivity index (χ1) is 9.33. The lowest BCUT2D eigenvalue weighted by molar-refractivity contribution is 0.0718. The zero-order valence-corrected chi connectivity index (χ0v) is 12.8. The predicted molar refractivity (Wildman–Crippen MR) is 81.9 cm³/mol. The Labute approximate surface area is 119 Å². The average Bonchev–Trinajstić information content (AvgIpc) is 3.10. The largest absolute Gasteiger partial charge is 0.296 e. The van der Waals surface area contributed by atoms with Crippen LogP contribution in [0.1, 0.15) is 77.6 Å². The molecule has 1 aliphatic heterocycles. The van der Waals surface area contributed by atoms with E-state index in [0.29, 0.717) is 11.6 Å². The van der Waals surface area contributed by atoms with E-state index in [-0.39, 0.29) is 0 Å². The minimum Gasteiger partial charge on any atom is -0.296 e. The summed E-state index contributed by atoms with van der Waals surface area (Å²) < 4.78 is 0. The van der Waals surface area contributed by atoms with E-state index in [1.54, 1.807) is 0 Å². The molecule has 3 N–H and O–H groups in total. The maximum absolute atomic E-state index is 5.94. The molecule has 2 fully saturated rings. The van der Waals surface area contributed by atoms with E-state index in [0.717, 1.165) is 0 Å². The van der Waals surface area contributed by atoms with E-state index in [1.165, 1.54) is 83.7 Å². The Morgan fingerprint density at radius 1 is 1.05 bits per heavy atom. The molecule has 1 aliphatic carbocycles. The zero-order valence-electron chi connectivity index (χ0n) is 12.8. The number of likely N-dealkylation sites (tertiary alicyclic amines) is 1. The molecule has 0 spiro atoms. The number of nitrogens with one attached hydrogen (secondary N) is 1. The van der Waals surface area contributed by atoms with Gasteiger partial charge < -0.3 is 0 Å². The molecule has 0 radical (unpaired) electrons. The van der Waals surface area contributed by atoms with Crippen molar-refractivity contribution >= 4 is 0 Å². The van der Waals surface area contributed by atoms with Crippen molar-refractivity contribution in [3.8, 4) is 0 Å². The average molecular weight is 267 g/mol. The first kappa shape index (κ1) is 15.3. The maximum atomic E-state index is 5.94. The number of rotatable bonds is 8. The van der Waals surface area contributed by atoms with Crippen LogP contribution in [-0.4, -0.2) is 29.6 Å². The van der Waals surface area contributed by atoms with Crippen LogP contribution in [0.25, 0.3) is 0 Å². The van der Waals surface area contributed by atoms with Gasteiger partial charge in [0.2, 0.25) is 0 Å². The van der Waals surface area contributed by atoms with Crippen LogP contribution in [-0.2, 0) is 0 Å². The Bertz CT molecular complexity index is 242. The summed E-state index contributed by atoms with van der Waals surface area (Å²) in [6.45, 7) is 4.88. The van der Waals surface area contributed by atoms with Crippen molar-refractivity contribution in [1.82, 2.24) is 10.3 Å². The molecule has 1 heterocycles. The molecule has 0 aromatic rings. The van der Waals surface area contributed by atoms with Crippen LogP contribution in [0, 0.1) is 0 Å². The lowest BCUT2D eigenvalue weighted by atomic mass is 9.83. The molecule has 1 saturated carbocycles. The second kappa shape index (κ2) is 7.61. The molecule has 0 amide bonds. The van der Waals surface area contributed by atoms with Crippen LogP contribution in [0.15, 0.2) is 0 Å². The molecule has 1 atom stereocenters. The summed E-state index contributed by atoms with van der Waals surface area (Å²) in [7, 11) is 0. The fraction of sp³-hybridized carbons (Fsp3) is 1.00. The van der Waals surface area contributed by atoms with Gasteiger partial charge in [0.05, 0.1) is 0 Å². The van der Waals surface area contributed by atoms with Gasteiger partial charge in [-0.3, -0.25) is 16.2 Å². The van der Waals surface area contributed by atoms with Crippen molar-refractivity contribution in [2.45, 2.75) is 89.1 Å². The van der Waals surface area contributed by atoms with Crippen molar-refractivity contribution in [2.75, 3.05) is 13.1 Å². The second-order valence-corrected chi connectivity index (χ2v) is 6.57. The summed E-state index contributed by atoms with van der Waals surface area (Å²) in [4.78, 5) is 2.77. The van der Waals surface area contributed by atoms with Crippen LogP contribution in [0.3, 0.4) is 0 Å². The molecule has 0 aromatic carbocycles. The third-order valence-corrected chi connectivity index (χ3v) is 5.40. The molecule has 1 saturated heterocycles. The quantitative estimate of drug-likeness (QED) is 0.403. The molecule has 0 aromatic heterocycles. The van der Waals surface area contributed by atoms with Gasteiger partial charge in [0, 0.05) is 11.6 Å². The molecule has 3 nitrogen and oxygen atoms in total. The number of unbranched alkanes of at least 4 members (excludes halogenated alkanes) is 3. The standard InChI is InChI=1S/C16H33N3/c1-2-3-4-5-10-15(18-17)16(11-6-7-12-16)19-13-8-9-14-19/h15,18H,2-14,17H2,1H3. The highest BCUT2D eigenvalue weighted by molar-refractivity contribution is 5.04. The van der Waals surface area contributed by atoms with Crippen LogP contribution in [0.4, 0.5) is 0 Å². The van der Waals surface area contributed by atoms with E-state index in [2.05, 4.69) is 17.2 Å². The SMILES string of the molecule is CCCCCCC(NN)C1(N2CCCC2)CCCC1. The molecule has 0 bridgehead atoms. The van der Waals surface area contributed by atoms with Crippen molar-refractivity contribution in [3.63, 3.8) is 0 Å². The van der Waals surface area contributed by atoms with Gasteiger partial charge in [-0.15, -0.1) is 0 Å². The first-order valence-electron chi connectivity index (χ1n) is 8.54. The van der Waals surface area contributed by atoms with Crippen LogP contribution >= 0.6 is 0 Å². The zero-order chi connectivity index (χ0) is 13.6. The van der Waals surface area contributed by atoms with E-state index in [9.17, 15) is 0 Å². The molecule has 3 heteroatoms. The number of hydrogen-bond acceptors (Lipinski definition) is 3. The van der Waals surface area contributed by atoms with E-state index >= 15 is 0 Å². The van der Waals surface area contributed by atoms with E-state index in [1.807, 2.05) is 0 Å². The van der Waals surface area contributed by atoms with Gasteiger partial charge in [0.15, 0.2) is 0 Å². The van der Waals surface area contributed by atoms with Crippen molar-refractivity contribution in [3.05, 3.63) is 0 Å². The Hall–Kier alpha value is -0.120. The smallest absolute Gasteiger partial charge is 0.0394 e. The number of nitrogens with zero attached hydrogens (tertiary/aromatic N) is 1. The Balaban J connectivity index is 1.94. The van der Waals surface area contributed by atoms with Crippen molar-refractivity contribution < 1.29 is 0 Å². The topological polar surface area (TPSA) is 41.3 Å². The number of hydrazine groups is 1. The summed E-state index contributed by atoms with van der Waals surface area (Å²) in [6, 6.07) is 0.505. The van der Waals surface area contributed by atoms with Crippen molar-refractivity contribution in [2.24, 2.45) is 5.84 Å². The summed E-state index contributed by atoms with van der Waals surface area (Å²) in [5, 5.41) is 0. The molecule has 19 heavy (non-hydrogen) atoms. The minimum atomic E-state index is 0.386. The van der Waals surface area contributed by atoms with Gasteiger partial charge >= 0.3 is 0 Å². The summed E-state index contributed by atoms with van der Waals surface area (Å²) in [6.07, 6.45) is 14.9. The third kappa shape index (κ3) is 3.50. The van der Waals surface area contributed by atoms with Gasteiger partial charge in [-0.2, -0.15) is 0 Å². The highest BCUT2D eigenvalue weighted by Gasteiger charge is 2.45. The lowest BCUT2D eigenvalue weighted by Crippen LogP contribution is -2.60. The second-order valence-electron chi connectivity index (χ2n) is 6.57. The van der Waals surface area contributed by atoms with E-state index in [4.69, 9.17) is 5.84 Å². The summed E-state index contributed by atoms with van der Waals surface area (Å²) in [5.74, 6) is 5.94. The molecular formula is C16H33N3. The third-order valence-electron chi connectivity index (χ3n) is 5.40. The number of hydrogen-bond donors (Lipinski definition) is 2. The normalized spacial score (nSPS) is 24.9. The molecule has 2 rings (SSSR count). The van der Waals surface area contributed by atoms with Crippen LogP contribution < -0.4 is 11.3 Å². The van der Waals surface area contributed by atoms with E-state index < -0.39 is 0 Å². The monoisotopic (exact) mass is 267 g/mol. The molecule has 2 aliphatic rings. The Kier molecular flexibility index (Phi) is 6.11. The predicted octanol–water partition coefficient (Wildman–Crippen LogP) is 3.20. The van der Waals surface area contributed by atoms with Gasteiger partial charge in [0.25, 0.3) is 0 Å². The maximum Gasteiger partial charge on any atom is 0.0394 e. The van der Waals surface area contributed by atoms with Crippen molar-refractivity contribution in [1.29, 1.82) is 0 Å². The fourth-order valence-electron chi connectivity index (χ4n) is 4.32. The van der Waals surface area contributed by atoms with Gasteiger partial charge in [-0.25, -0.2) is 0 Å². The Morgan fingerprint density at radius 2 is 1.74 bits per heavy atom. The summed E-state index contributed by atoms with van der Waals surface area (Å²) in [5.41, 5.74) is 3.58.